The highest BCUT2D eigenvalue weighted by Gasteiger charge is 2.56. The van der Waals surface area contributed by atoms with E-state index < -0.39 is 17.7 Å². The first kappa shape index (κ1) is 21.6. The molecule has 1 heterocycles. The number of carbonyl (C=O) groups excluding carboxylic acids is 2. The van der Waals surface area contributed by atoms with Gasteiger partial charge in [0.15, 0.2) is 0 Å². The Morgan fingerprint density at radius 1 is 1.21 bits per heavy atom. The Labute approximate surface area is 173 Å². The zero-order chi connectivity index (χ0) is 21.6. The van der Waals surface area contributed by atoms with E-state index in [0.717, 1.165) is 33.8 Å². The molecule has 3 atom stereocenters. The van der Waals surface area contributed by atoms with Gasteiger partial charge in [0, 0.05) is 0 Å². The van der Waals surface area contributed by atoms with Crippen LogP contribution in [0.15, 0.2) is 12.1 Å². The van der Waals surface area contributed by atoms with Crippen LogP contribution in [0.4, 0.5) is 4.79 Å². The molecule has 0 unspecified atom stereocenters. The number of nitrogens with zero attached hydrogens (tertiary/aromatic N) is 1. The Hall–Kier alpha value is -2.08. The van der Waals surface area contributed by atoms with Crippen molar-refractivity contribution < 1.29 is 19.4 Å². The number of nitrogens with one attached hydrogen (secondary N) is 1. The van der Waals surface area contributed by atoms with Gasteiger partial charge in [0.2, 0.25) is 0 Å². The highest BCUT2D eigenvalue weighted by molar-refractivity contribution is 6.07. The van der Waals surface area contributed by atoms with Gasteiger partial charge < -0.3 is 15.2 Å². The molecule has 1 spiro atoms. The van der Waals surface area contributed by atoms with E-state index in [1.807, 2.05) is 32.9 Å². The van der Waals surface area contributed by atoms with Crippen LogP contribution in [-0.4, -0.2) is 46.7 Å². The lowest BCUT2D eigenvalue weighted by Gasteiger charge is -2.43. The standard InChI is InChI=1S/C23H34N2O4/c1-14-9-22(5,6)13-23(10-14)20(27)25(21(28)24-23)11-18(26)12-29-19-16(3)8-7-15(2)17(19)4/h7-8,14,18,26H,9-13H2,1-6H3,(H,24,28)/t14-,18+,23+/m0/s1. The summed E-state index contributed by atoms with van der Waals surface area (Å²) in [5.41, 5.74) is 2.28. The second-order valence-electron chi connectivity index (χ2n) is 9.90. The largest absolute Gasteiger partial charge is 0.490 e. The first-order chi connectivity index (χ1) is 13.4. The number of β-amino-alcohol motifs (C(OH)–C–C–N with tert-alkyl or cyclic N) is 1. The van der Waals surface area contributed by atoms with E-state index in [1.165, 1.54) is 0 Å². The molecule has 1 aromatic carbocycles. The summed E-state index contributed by atoms with van der Waals surface area (Å²) in [6.07, 6.45) is 1.35. The van der Waals surface area contributed by atoms with E-state index in [2.05, 4.69) is 26.1 Å². The predicted molar refractivity (Wildman–Crippen MR) is 112 cm³/mol. The molecule has 2 N–H and O–H groups in total. The number of aryl methyl sites for hydroxylation is 2. The van der Waals surface area contributed by atoms with Gasteiger partial charge in [-0.05, 0) is 68.1 Å². The molecule has 1 aromatic rings. The van der Waals surface area contributed by atoms with E-state index in [4.69, 9.17) is 4.74 Å². The number of rotatable bonds is 5. The third-order valence-electron chi connectivity index (χ3n) is 6.31. The Bertz CT molecular complexity index is 819. The fraction of sp³-hybridized carbons (Fsp3) is 0.652. The van der Waals surface area contributed by atoms with Crippen molar-refractivity contribution in [3.05, 3.63) is 28.8 Å². The zero-order valence-electron chi connectivity index (χ0n) is 18.5. The smallest absolute Gasteiger partial charge is 0.325 e. The van der Waals surface area contributed by atoms with Gasteiger partial charge in [-0.3, -0.25) is 9.69 Å². The maximum Gasteiger partial charge on any atom is 0.325 e. The van der Waals surface area contributed by atoms with Gasteiger partial charge in [-0.1, -0.05) is 32.9 Å². The molecular formula is C23H34N2O4. The van der Waals surface area contributed by atoms with Crippen molar-refractivity contribution in [2.45, 2.75) is 72.4 Å². The molecule has 1 saturated carbocycles. The monoisotopic (exact) mass is 402 g/mol. The van der Waals surface area contributed by atoms with Gasteiger partial charge in [-0.25, -0.2) is 4.79 Å². The fourth-order valence-corrected chi connectivity index (χ4v) is 5.26. The lowest BCUT2D eigenvalue weighted by molar-refractivity contribution is -0.135. The van der Waals surface area contributed by atoms with Gasteiger partial charge in [0.05, 0.1) is 6.54 Å². The molecule has 3 amide bonds. The number of aliphatic hydroxyl groups excluding tert-OH is 1. The lowest BCUT2D eigenvalue weighted by Crippen LogP contribution is -2.54. The fourth-order valence-electron chi connectivity index (χ4n) is 5.26. The number of ether oxygens (including phenoxy) is 1. The number of aliphatic hydroxyl groups is 1. The second kappa shape index (κ2) is 7.63. The van der Waals surface area contributed by atoms with Crippen molar-refractivity contribution in [1.29, 1.82) is 0 Å². The first-order valence-corrected chi connectivity index (χ1v) is 10.5. The van der Waals surface area contributed by atoms with Crippen LogP contribution in [0, 0.1) is 32.1 Å². The van der Waals surface area contributed by atoms with Crippen molar-refractivity contribution in [3.8, 4) is 5.75 Å². The molecule has 6 heteroatoms. The summed E-state index contributed by atoms with van der Waals surface area (Å²) in [5.74, 6) is 0.883. The van der Waals surface area contributed by atoms with Gasteiger partial charge in [-0.15, -0.1) is 0 Å². The normalized spacial score (nSPS) is 27.3. The molecule has 3 rings (SSSR count). The SMILES string of the molecule is Cc1ccc(C)c(OC[C@H](O)CN2C(=O)N[C@@]3(C[C@@H](C)CC(C)(C)C3)C2=O)c1C. The van der Waals surface area contributed by atoms with E-state index in [1.54, 1.807) is 0 Å². The summed E-state index contributed by atoms with van der Waals surface area (Å²) in [6, 6.07) is 3.60. The molecule has 0 aromatic heterocycles. The average Bonchev–Trinajstić information content (AvgIpc) is 2.80. The van der Waals surface area contributed by atoms with Crippen molar-refractivity contribution in [2.24, 2.45) is 11.3 Å². The number of imide groups is 1. The first-order valence-electron chi connectivity index (χ1n) is 10.5. The molecular weight excluding hydrogens is 368 g/mol. The summed E-state index contributed by atoms with van der Waals surface area (Å²) >= 11 is 0. The minimum Gasteiger partial charge on any atom is -0.490 e. The van der Waals surface area contributed by atoms with Crippen molar-refractivity contribution >= 4 is 11.9 Å². The Kier molecular flexibility index (Phi) is 5.69. The zero-order valence-corrected chi connectivity index (χ0v) is 18.5. The van der Waals surface area contributed by atoms with Crippen LogP contribution in [-0.2, 0) is 4.79 Å². The van der Waals surface area contributed by atoms with Crippen molar-refractivity contribution in [2.75, 3.05) is 13.2 Å². The molecule has 160 valence electrons. The van der Waals surface area contributed by atoms with Crippen LogP contribution in [0.5, 0.6) is 5.75 Å². The van der Waals surface area contributed by atoms with Crippen LogP contribution in [0.1, 0.15) is 56.7 Å². The van der Waals surface area contributed by atoms with Crippen LogP contribution in [0.25, 0.3) is 0 Å². The summed E-state index contributed by atoms with van der Waals surface area (Å²) in [5, 5.41) is 13.4. The van der Waals surface area contributed by atoms with Crippen LogP contribution < -0.4 is 10.1 Å². The molecule has 0 radical (unpaired) electrons. The van der Waals surface area contributed by atoms with Crippen LogP contribution in [0.3, 0.4) is 0 Å². The highest BCUT2D eigenvalue weighted by Crippen LogP contribution is 2.46. The summed E-state index contributed by atoms with van der Waals surface area (Å²) in [6.45, 7) is 12.3. The van der Waals surface area contributed by atoms with Gasteiger partial charge in [0.1, 0.15) is 24.0 Å². The quantitative estimate of drug-likeness (QED) is 0.739. The molecule has 2 aliphatic rings. The Morgan fingerprint density at radius 2 is 1.86 bits per heavy atom. The summed E-state index contributed by atoms with van der Waals surface area (Å²) < 4.78 is 5.86. The number of urea groups is 1. The van der Waals surface area contributed by atoms with Crippen LogP contribution in [0.2, 0.25) is 0 Å². The molecule has 29 heavy (non-hydrogen) atoms. The topological polar surface area (TPSA) is 78.9 Å². The van der Waals surface area contributed by atoms with Gasteiger partial charge in [0.25, 0.3) is 5.91 Å². The van der Waals surface area contributed by atoms with Crippen LogP contribution >= 0.6 is 0 Å². The Balaban J connectivity index is 1.67. The van der Waals surface area contributed by atoms with Gasteiger partial charge in [-0.2, -0.15) is 0 Å². The lowest BCUT2D eigenvalue weighted by atomic mass is 9.64. The van der Waals surface area contributed by atoms with Gasteiger partial charge >= 0.3 is 6.03 Å². The van der Waals surface area contributed by atoms with Crippen molar-refractivity contribution in [3.63, 3.8) is 0 Å². The number of amides is 3. The molecule has 1 saturated heterocycles. The Morgan fingerprint density at radius 3 is 2.52 bits per heavy atom. The van der Waals surface area contributed by atoms with E-state index in [9.17, 15) is 14.7 Å². The number of carbonyl (C=O) groups is 2. The average molecular weight is 403 g/mol. The predicted octanol–water partition coefficient (Wildman–Crippen LogP) is 3.49. The van der Waals surface area contributed by atoms with E-state index in [-0.39, 0.29) is 24.5 Å². The molecule has 1 aliphatic heterocycles. The minimum atomic E-state index is -0.951. The third kappa shape index (κ3) is 4.27. The molecule has 2 fully saturated rings. The van der Waals surface area contributed by atoms with E-state index >= 15 is 0 Å². The molecule has 0 bridgehead atoms. The number of hydrogen-bond donors (Lipinski definition) is 2. The molecule has 6 nitrogen and oxygen atoms in total. The third-order valence-corrected chi connectivity index (χ3v) is 6.31. The second-order valence-corrected chi connectivity index (χ2v) is 9.90. The number of benzene rings is 1. The summed E-state index contributed by atoms with van der Waals surface area (Å²) in [7, 11) is 0. The van der Waals surface area contributed by atoms with Crippen molar-refractivity contribution in [1.82, 2.24) is 10.2 Å². The highest BCUT2D eigenvalue weighted by atomic mass is 16.5. The molecule has 1 aliphatic carbocycles. The van der Waals surface area contributed by atoms with E-state index in [0.29, 0.717) is 18.8 Å². The number of hydrogen-bond acceptors (Lipinski definition) is 4. The maximum atomic E-state index is 13.2. The maximum absolute atomic E-state index is 13.2. The summed E-state index contributed by atoms with van der Waals surface area (Å²) in [4.78, 5) is 26.9. The minimum absolute atomic E-state index is 0.0153.